The van der Waals surface area contributed by atoms with E-state index in [4.69, 9.17) is 0 Å². The van der Waals surface area contributed by atoms with Crippen molar-refractivity contribution in [1.82, 2.24) is 4.98 Å². The molecule has 1 aromatic heterocycles. The lowest BCUT2D eigenvalue weighted by molar-refractivity contribution is 0.0973. The Morgan fingerprint density at radius 1 is 1.05 bits per heavy atom. The molecule has 0 unspecified atom stereocenters. The standard InChI is InChI=1S/C16H23Br2NO/c1-2-3-4-5-6-7-8-9-10-15(20)16-14(18)11-13(17)12-19-16/h11-12H,2-10H2,1H3. The maximum absolute atomic E-state index is 12.0. The molecule has 1 heterocycles. The molecule has 0 aromatic carbocycles. The van der Waals surface area contributed by atoms with Crippen LogP contribution in [0.5, 0.6) is 0 Å². The number of ketones is 1. The van der Waals surface area contributed by atoms with E-state index in [1.165, 1.54) is 38.5 Å². The summed E-state index contributed by atoms with van der Waals surface area (Å²) in [6, 6.07) is 1.87. The fourth-order valence-electron chi connectivity index (χ4n) is 2.16. The van der Waals surface area contributed by atoms with Crippen LogP contribution in [0.15, 0.2) is 21.2 Å². The first kappa shape index (κ1) is 17.8. The van der Waals surface area contributed by atoms with Crippen LogP contribution in [-0.2, 0) is 0 Å². The number of hydrogen-bond acceptors (Lipinski definition) is 2. The molecule has 20 heavy (non-hydrogen) atoms. The summed E-state index contributed by atoms with van der Waals surface area (Å²) in [4.78, 5) is 16.2. The minimum absolute atomic E-state index is 0.135. The Hall–Kier alpha value is -0.220. The van der Waals surface area contributed by atoms with Crippen molar-refractivity contribution >= 4 is 37.6 Å². The molecule has 0 aliphatic carbocycles. The molecule has 0 atom stereocenters. The fraction of sp³-hybridized carbons (Fsp3) is 0.625. The van der Waals surface area contributed by atoms with Crippen molar-refractivity contribution in [2.75, 3.05) is 0 Å². The van der Waals surface area contributed by atoms with Crippen LogP contribution in [0.4, 0.5) is 0 Å². The van der Waals surface area contributed by atoms with Gasteiger partial charge >= 0.3 is 0 Å². The van der Waals surface area contributed by atoms with Crippen LogP contribution in [0.2, 0.25) is 0 Å². The zero-order valence-corrected chi connectivity index (χ0v) is 15.3. The van der Waals surface area contributed by atoms with Crippen LogP contribution in [0.3, 0.4) is 0 Å². The summed E-state index contributed by atoms with van der Waals surface area (Å²) in [6.07, 6.45) is 12.3. The molecule has 0 fully saturated rings. The quantitative estimate of drug-likeness (QED) is 0.337. The third kappa shape index (κ3) is 6.98. The van der Waals surface area contributed by atoms with Gasteiger partial charge in [-0.05, 0) is 44.3 Å². The molecule has 0 bridgehead atoms. The Kier molecular flexibility index (Phi) is 9.36. The Morgan fingerprint density at radius 2 is 1.65 bits per heavy atom. The van der Waals surface area contributed by atoms with Gasteiger partial charge in [0.05, 0.1) is 0 Å². The number of unbranched alkanes of at least 4 members (excludes halogenated alkanes) is 7. The van der Waals surface area contributed by atoms with E-state index in [9.17, 15) is 4.79 Å². The van der Waals surface area contributed by atoms with Crippen LogP contribution in [0.1, 0.15) is 75.2 Å². The number of aromatic nitrogens is 1. The van der Waals surface area contributed by atoms with E-state index in [0.717, 1.165) is 21.8 Å². The molecule has 112 valence electrons. The van der Waals surface area contributed by atoms with Gasteiger partial charge in [-0.3, -0.25) is 9.78 Å². The lowest BCUT2D eigenvalue weighted by Crippen LogP contribution is -2.03. The third-order valence-corrected chi connectivity index (χ3v) is 4.37. The zero-order chi connectivity index (χ0) is 14.8. The number of rotatable bonds is 10. The minimum Gasteiger partial charge on any atom is -0.292 e. The fourth-order valence-corrected chi connectivity index (χ4v) is 3.37. The largest absolute Gasteiger partial charge is 0.292 e. The van der Waals surface area contributed by atoms with E-state index in [-0.39, 0.29) is 5.78 Å². The van der Waals surface area contributed by atoms with Gasteiger partial charge < -0.3 is 0 Å². The summed E-state index contributed by atoms with van der Waals surface area (Å²) >= 11 is 6.73. The number of pyridine rings is 1. The number of nitrogens with zero attached hydrogens (tertiary/aromatic N) is 1. The van der Waals surface area contributed by atoms with Crippen molar-refractivity contribution in [3.05, 3.63) is 26.9 Å². The highest BCUT2D eigenvalue weighted by atomic mass is 79.9. The smallest absolute Gasteiger partial charge is 0.182 e. The van der Waals surface area contributed by atoms with Crippen molar-refractivity contribution in [3.63, 3.8) is 0 Å². The molecule has 1 aromatic rings. The Balaban J connectivity index is 2.17. The topological polar surface area (TPSA) is 30.0 Å². The van der Waals surface area contributed by atoms with E-state index >= 15 is 0 Å². The second kappa shape index (κ2) is 10.5. The second-order valence-corrected chi connectivity index (χ2v) is 6.90. The molecule has 0 N–H and O–H groups in total. The van der Waals surface area contributed by atoms with Crippen LogP contribution in [0.25, 0.3) is 0 Å². The van der Waals surface area contributed by atoms with Crippen LogP contribution >= 0.6 is 31.9 Å². The molecule has 0 spiro atoms. The van der Waals surface area contributed by atoms with E-state index < -0.39 is 0 Å². The average molecular weight is 405 g/mol. The van der Waals surface area contributed by atoms with E-state index in [0.29, 0.717) is 12.1 Å². The first-order chi connectivity index (χ1) is 9.65. The highest BCUT2D eigenvalue weighted by Gasteiger charge is 2.11. The molecule has 2 nitrogen and oxygen atoms in total. The monoisotopic (exact) mass is 403 g/mol. The van der Waals surface area contributed by atoms with Crippen LogP contribution < -0.4 is 0 Å². The highest BCUT2D eigenvalue weighted by molar-refractivity contribution is 9.11. The molecule has 0 saturated carbocycles. The van der Waals surface area contributed by atoms with Gasteiger partial charge in [-0.25, -0.2) is 0 Å². The number of Topliss-reactive ketones (excluding diaryl/α,β-unsaturated/α-hetero) is 1. The lowest BCUT2D eigenvalue weighted by atomic mass is 10.1. The van der Waals surface area contributed by atoms with E-state index in [1.54, 1.807) is 6.20 Å². The summed E-state index contributed by atoms with van der Waals surface area (Å²) in [5.74, 6) is 0.135. The number of hydrogen-bond donors (Lipinski definition) is 0. The van der Waals surface area contributed by atoms with Gasteiger partial charge in [0.25, 0.3) is 0 Å². The van der Waals surface area contributed by atoms with Gasteiger partial charge in [0.15, 0.2) is 5.78 Å². The van der Waals surface area contributed by atoms with Crippen molar-refractivity contribution in [2.45, 2.75) is 64.7 Å². The molecule has 0 aliphatic rings. The average Bonchev–Trinajstić information content (AvgIpc) is 2.41. The Bertz CT molecular complexity index is 421. The lowest BCUT2D eigenvalue weighted by Gasteiger charge is -2.04. The van der Waals surface area contributed by atoms with Gasteiger partial charge in [-0.1, -0.05) is 51.9 Å². The summed E-state index contributed by atoms with van der Waals surface area (Å²) < 4.78 is 1.66. The van der Waals surface area contributed by atoms with Gasteiger partial charge in [-0.2, -0.15) is 0 Å². The molecule has 0 aliphatic heterocycles. The minimum atomic E-state index is 0.135. The van der Waals surface area contributed by atoms with Gasteiger partial charge in [0, 0.05) is 21.6 Å². The van der Waals surface area contributed by atoms with Gasteiger partial charge in [-0.15, -0.1) is 0 Å². The molecule has 0 saturated heterocycles. The summed E-state index contributed by atoms with van der Waals surface area (Å²) in [5.41, 5.74) is 0.552. The third-order valence-electron chi connectivity index (χ3n) is 3.33. The molecule has 0 amide bonds. The van der Waals surface area contributed by atoms with Crippen molar-refractivity contribution in [1.29, 1.82) is 0 Å². The van der Waals surface area contributed by atoms with Crippen molar-refractivity contribution in [2.24, 2.45) is 0 Å². The van der Waals surface area contributed by atoms with Crippen LogP contribution in [-0.4, -0.2) is 10.8 Å². The highest BCUT2D eigenvalue weighted by Crippen LogP contribution is 2.21. The summed E-state index contributed by atoms with van der Waals surface area (Å²) in [5, 5.41) is 0. The Morgan fingerprint density at radius 3 is 2.25 bits per heavy atom. The Labute approximate surface area is 139 Å². The van der Waals surface area contributed by atoms with E-state index in [2.05, 4.69) is 43.8 Å². The maximum Gasteiger partial charge on any atom is 0.182 e. The molecule has 4 heteroatoms. The summed E-state index contributed by atoms with van der Waals surface area (Å²) in [7, 11) is 0. The molecule has 0 radical (unpaired) electrons. The number of halogens is 2. The molecular formula is C16H23Br2NO. The SMILES string of the molecule is CCCCCCCCCCC(=O)c1ncc(Br)cc1Br. The number of carbonyl (C=O) groups excluding carboxylic acids is 1. The van der Waals surface area contributed by atoms with Crippen LogP contribution in [0, 0.1) is 0 Å². The first-order valence-electron chi connectivity index (χ1n) is 7.49. The normalized spacial score (nSPS) is 10.8. The molecular weight excluding hydrogens is 382 g/mol. The predicted octanol–water partition coefficient (Wildman–Crippen LogP) is 6.32. The second-order valence-electron chi connectivity index (χ2n) is 5.13. The maximum atomic E-state index is 12.0. The zero-order valence-electron chi connectivity index (χ0n) is 12.1. The van der Waals surface area contributed by atoms with Gasteiger partial charge in [0.1, 0.15) is 5.69 Å². The van der Waals surface area contributed by atoms with Gasteiger partial charge in [0.2, 0.25) is 0 Å². The van der Waals surface area contributed by atoms with Crippen molar-refractivity contribution in [3.8, 4) is 0 Å². The van der Waals surface area contributed by atoms with Crippen molar-refractivity contribution < 1.29 is 4.79 Å². The predicted molar refractivity (Wildman–Crippen MR) is 91.2 cm³/mol. The molecule has 1 rings (SSSR count). The summed E-state index contributed by atoms with van der Waals surface area (Å²) in [6.45, 7) is 2.24. The first-order valence-corrected chi connectivity index (χ1v) is 9.08. The number of carbonyl (C=O) groups is 1. The van der Waals surface area contributed by atoms with E-state index in [1.807, 2.05) is 6.07 Å².